The van der Waals surface area contributed by atoms with Gasteiger partial charge in [-0.2, -0.15) is 5.26 Å². The van der Waals surface area contributed by atoms with Gasteiger partial charge in [0, 0.05) is 11.3 Å². The van der Waals surface area contributed by atoms with Gasteiger partial charge in [-0.1, -0.05) is 17.9 Å². The lowest BCUT2D eigenvalue weighted by Gasteiger charge is -2.10. The van der Waals surface area contributed by atoms with Crippen molar-refractivity contribution in [3.05, 3.63) is 29.3 Å². The van der Waals surface area contributed by atoms with E-state index in [1.165, 1.54) is 6.92 Å². The van der Waals surface area contributed by atoms with E-state index in [1.807, 2.05) is 6.92 Å². The van der Waals surface area contributed by atoms with Crippen molar-refractivity contribution in [2.75, 3.05) is 11.3 Å². The number of nitriles is 1. The molecule has 0 heterocycles. The third-order valence-electron chi connectivity index (χ3n) is 2.47. The van der Waals surface area contributed by atoms with Crippen molar-refractivity contribution in [3.63, 3.8) is 0 Å². The molecule has 0 fully saturated rings. The summed E-state index contributed by atoms with van der Waals surface area (Å²) < 4.78 is 25.9. The number of anilines is 1. The van der Waals surface area contributed by atoms with E-state index in [1.54, 1.807) is 24.3 Å². The molecule has 0 saturated heterocycles. The van der Waals surface area contributed by atoms with E-state index in [4.69, 9.17) is 11.0 Å². The molecule has 1 rings (SSSR count). The van der Waals surface area contributed by atoms with Gasteiger partial charge in [-0.3, -0.25) is 4.72 Å². The molecule has 0 aliphatic heterocycles. The highest BCUT2D eigenvalue weighted by molar-refractivity contribution is 7.93. The van der Waals surface area contributed by atoms with Gasteiger partial charge in [0.25, 0.3) is 0 Å². The Balaban J connectivity index is 3.08. The lowest BCUT2D eigenvalue weighted by molar-refractivity contribution is 0.597. The lowest BCUT2D eigenvalue weighted by atomic mass is 10.1. The number of nitrogens with zero attached hydrogens (tertiary/aromatic N) is 1. The van der Waals surface area contributed by atoms with Crippen molar-refractivity contribution < 1.29 is 8.42 Å². The maximum Gasteiger partial charge on any atom is 0.248 e. The molecule has 0 saturated carbocycles. The predicted octanol–water partition coefficient (Wildman–Crippen LogP) is 0.959. The molecule has 0 aromatic heterocycles. The first-order valence-electron chi connectivity index (χ1n) is 5.61. The van der Waals surface area contributed by atoms with Crippen LogP contribution in [0.3, 0.4) is 0 Å². The minimum absolute atomic E-state index is 0.237. The third kappa shape index (κ3) is 3.99. The Morgan fingerprint density at radius 2 is 2.16 bits per heavy atom. The van der Waals surface area contributed by atoms with Crippen molar-refractivity contribution in [3.8, 4) is 17.9 Å². The number of aryl methyl sites for hydroxylation is 1. The molecule has 0 radical (unpaired) electrons. The molecule has 0 aliphatic rings. The standard InChI is InChI=1S/C13H15N3O2S/c1-10-5-6-13(8-12(10)4-3-7-14)16-19(17,18)11(2)9-15/h5-6,8,11,16H,7,14H2,1-2H3. The van der Waals surface area contributed by atoms with Gasteiger partial charge in [0.2, 0.25) is 10.0 Å². The highest BCUT2D eigenvalue weighted by Gasteiger charge is 2.19. The maximum atomic E-state index is 11.8. The van der Waals surface area contributed by atoms with E-state index in [0.29, 0.717) is 11.3 Å². The summed E-state index contributed by atoms with van der Waals surface area (Å²) in [6.45, 7) is 3.43. The fourth-order valence-electron chi connectivity index (χ4n) is 1.29. The van der Waals surface area contributed by atoms with E-state index in [0.717, 1.165) is 5.56 Å². The molecular formula is C13H15N3O2S. The van der Waals surface area contributed by atoms with Crippen LogP contribution in [0, 0.1) is 30.1 Å². The van der Waals surface area contributed by atoms with Crippen molar-refractivity contribution in [1.29, 1.82) is 5.26 Å². The van der Waals surface area contributed by atoms with E-state index in [-0.39, 0.29) is 6.54 Å². The third-order valence-corrected chi connectivity index (χ3v) is 4.03. The van der Waals surface area contributed by atoms with Crippen LogP contribution in [0.2, 0.25) is 0 Å². The lowest BCUT2D eigenvalue weighted by Crippen LogP contribution is -2.23. The van der Waals surface area contributed by atoms with Crippen molar-refractivity contribution in [1.82, 2.24) is 0 Å². The molecule has 0 aliphatic carbocycles. The monoisotopic (exact) mass is 277 g/mol. The number of hydrogen-bond donors (Lipinski definition) is 2. The zero-order valence-electron chi connectivity index (χ0n) is 10.8. The molecule has 1 unspecified atom stereocenters. The van der Waals surface area contributed by atoms with Crippen LogP contribution in [0.1, 0.15) is 18.1 Å². The number of benzene rings is 1. The molecule has 0 spiro atoms. The molecule has 1 aromatic carbocycles. The van der Waals surface area contributed by atoms with Gasteiger partial charge in [-0.15, -0.1) is 0 Å². The summed E-state index contributed by atoms with van der Waals surface area (Å²) >= 11 is 0. The fraction of sp³-hybridized carbons (Fsp3) is 0.308. The van der Waals surface area contributed by atoms with Crippen LogP contribution < -0.4 is 10.5 Å². The first-order chi connectivity index (χ1) is 8.90. The second-order valence-electron chi connectivity index (χ2n) is 3.95. The average molecular weight is 277 g/mol. The summed E-state index contributed by atoms with van der Waals surface area (Å²) in [6, 6.07) is 6.70. The highest BCUT2D eigenvalue weighted by Crippen LogP contribution is 2.17. The van der Waals surface area contributed by atoms with E-state index in [2.05, 4.69) is 16.6 Å². The molecule has 0 amide bonds. The van der Waals surface area contributed by atoms with Gasteiger partial charge in [0.1, 0.15) is 0 Å². The average Bonchev–Trinajstić information content (AvgIpc) is 2.38. The summed E-state index contributed by atoms with van der Waals surface area (Å²) in [7, 11) is -3.70. The highest BCUT2D eigenvalue weighted by atomic mass is 32.2. The zero-order chi connectivity index (χ0) is 14.5. The van der Waals surface area contributed by atoms with Crippen LogP contribution in [-0.2, 0) is 10.0 Å². The zero-order valence-corrected chi connectivity index (χ0v) is 11.6. The second kappa shape index (κ2) is 6.24. The Hall–Kier alpha value is -2.02. The number of nitrogens with one attached hydrogen (secondary N) is 1. The smallest absolute Gasteiger partial charge is 0.248 e. The fourth-order valence-corrected chi connectivity index (χ4v) is 2.06. The van der Waals surface area contributed by atoms with Gasteiger partial charge in [-0.25, -0.2) is 8.42 Å². The summed E-state index contributed by atoms with van der Waals surface area (Å²) in [5, 5.41) is 7.54. The number of nitrogens with two attached hydrogens (primary N) is 1. The van der Waals surface area contributed by atoms with Crippen LogP contribution in [0.5, 0.6) is 0 Å². The first kappa shape index (κ1) is 15.0. The van der Waals surface area contributed by atoms with Crippen molar-refractivity contribution >= 4 is 15.7 Å². The number of rotatable bonds is 3. The summed E-state index contributed by atoms with van der Waals surface area (Å²) in [5.41, 5.74) is 7.32. The van der Waals surface area contributed by atoms with Crippen LogP contribution in [0.15, 0.2) is 18.2 Å². The Bertz CT molecular complexity index is 663. The molecular weight excluding hydrogens is 262 g/mol. The summed E-state index contributed by atoms with van der Waals surface area (Å²) in [6.07, 6.45) is 0. The molecule has 1 atom stereocenters. The Kier molecular flexibility index (Phi) is 4.94. The largest absolute Gasteiger partial charge is 0.320 e. The maximum absolute atomic E-state index is 11.8. The quantitative estimate of drug-likeness (QED) is 0.804. The minimum Gasteiger partial charge on any atom is -0.320 e. The SMILES string of the molecule is Cc1ccc(NS(=O)(=O)C(C)C#N)cc1C#CCN. The van der Waals surface area contributed by atoms with Gasteiger partial charge < -0.3 is 5.73 Å². The van der Waals surface area contributed by atoms with E-state index >= 15 is 0 Å². The Morgan fingerprint density at radius 1 is 1.47 bits per heavy atom. The second-order valence-corrected chi connectivity index (χ2v) is 5.96. The molecule has 19 heavy (non-hydrogen) atoms. The van der Waals surface area contributed by atoms with Crippen LogP contribution in [0.4, 0.5) is 5.69 Å². The first-order valence-corrected chi connectivity index (χ1v) is 7.16. The van der Waals surface area contributed by atoms with E-state index in [9.17, 15) is 8.42 Å². The molecule has 0 bridgehead atoms. The predicted molar refractivity (Wildman–Crippen MR) is 74.7 cm³/mol. The molecule has 100 valence electrons. The topological polar surface area (TPSA) is 96.0 Å². The normalized spacial score (nSPS) is 11.9. The van der Waals surface area contributed by atoms with Gasteiger partial charge in [0.05, 0.1) is 12.6 Å². The van der Waals surface area contributed by atoms with Crippen molar-refractivity contribution in [2.45, 2.75) is 19.1 Å². The molecule has 5 nitrogen and oxygen atoms in total. The number of hydrogen-bond acceptors (Lipinski definition) is 4. The summed E-state index contributed by atoms with van der Waals surface area (Å²) in [4.78, 5) is 0. The number of sulfonamides is 1. The Morgan fingerprint density at radius 3 is 2.74 bits per heavy atom. The van der Waals surface area contributed by atoms with Gasteiger partial charge in [-0.05, 0) is 31.5 Å². The van der Waals surface area contributed by atoms with Crippen LogP contribution in [-0.4, -0.2) is 20.2 Å². The van der Waals surface area contributed by atoms with Crippen molar-refractivity contribution in [2.24, 2.45) is 5.73 Å². The van der Waals surface area contributed by atoms with Crippen LogP contribution in [0.25, 0.3) is 0 Å². The van der Waals surface area contributed by atoms with Gasteiger partial charge in [0.15, 0.2) is 5.25 Å². The van der Waals surface area contributed by atoms with Gasteiger partial charge >= 0.3 is 0 Å². The Labute approximate surface area is 113 Å². The molecule has 3 N–H and O–H groups in total. The molecule has 1 aromatic rings. The summed E-state index contributed by atoms with van der Waals surface area (Å²) in [5.74, 6) is 5.58. The van der Waals surface area contributed by atoms with E-state index < -0.39 is 15.3 Å². The van der Waals surface area contributed by atoms with Crippen LogP contribution >= 0.6 is 0 Å². The minimum atomic E-state index is -3.70. The molecule has 6 heteroatoms.